The van der Waals surface area contributed by atoms with Crippen LogP contribution in [0.5, 0.6) is 0 Å². The van der Waals surface area contributed by atoms with E-state index in [0.29, 0.717) is 6.07 Å². The van der Waals surface area contributed by atoms with E-state index in [0.717, 1.165) is 12.1 Å². The average molecular weight is 325 g/mol. The molecule has 1 aromatic rings. The Labute approximate surface area is 129 Å². The van der Waals surface area contributed by atoms with Gasteiger partial charge in [-0.3, -0.25) is 9.59 Å². The molecule has 1 aliphatic rings. The van der Waals surface area contributed by atoms with E-state index in [-0.39, 0.29) is 30.1 Å². The van der Waals surface area contributed by atoms with Gasteiger partial charge in [0.05, 0.1) is 5.69 Å². The van der Waals surface area contributed by atoms with Crippen molar-refractivity contribution in [2.75, 3.05) is 5.32 Å². The number of hydrazone groups is 1. The number of halogens is 2. The largest absolute Gasteiger partial charge is 0.448 e. The zero-order valence-electron chi connectivity index (χ0n) is 12.1. The Morgan fingerprint density at radius 1 is 1.35 bits per heavy atom. The van der Waals surface area contributed by atoms with E-state index in [4.69, 9.17) is 4.74 Å². The minimum atomic E-state index is -1.23. The van der Waals surface area contributed by atoms with Crippen molar-refractivity contribution in [2.24, 2.45) is 5.10 Å². The lowest BCUT2D eigenvalue weighted by Gasteiger charge is -2.16. The zero-order chi connectivity index (χ0) is 17.0. The number of esters is 1. The quantitative estimate of drug-likeness (QED) is 0.810. The average Bonchev–Trinajstić information content (AvgIpc) is 2.50. The van der Waals surface area contributed by atoms with E-state index in [1.54, 1.807) is 0 Å². The topological polar surface area (TPSA) is 96.9 Å². The summed E-state index contributed by atoms with van der Waals surface area (Å²) in [5.74, 6) is -3.69. The highest BCUT2D eigenvalue weighted by molar-refractivity contribution is 6.37. The molecule has 9 heteroatoms. The number of nitrogens with one attached hydrogen (secondary N) is 2. The van der Waals surface area contributed by atoms with Crippen molar-refractivity contribution < 1.29 is 27.9 Å². The van der Waals surface area contributed by atoms with Crippen LogP contribution >= 0.6 is 0 Å². The van der Waals surface area contributed by atoms with Crippen molar-refractivity contribution in [3.05, 3.63) is 29.8 Å². The fraction of sp³-hybridized carbons (Fsp3) is 0.286. The van der Waals surface area contributed by atoms with Crippen LogP contribution in [0.4, 0.5) is 14.5 Å². The predicted octanol–water partition coefficient (Wildman–Crippen LogP) is 1.10. The Morgan fingerprint density at radius 2 is 2.09 bits per heavy atom. The van der Waals surface area contributed by atoms with Crippen LogP contribution in [0.2, 0.25) is 0 Å². The summed E-state index contributed by atoms with van der Waals surface area (Å²) < 4.78 is 31.1. The van der Waals surface area contributed by atoms with Gasteiger partial charge in [0.15, 0.2) is 6.10 Å². The minimum absolute atomic E-state index is 0.0165. The zero-order valence-corrected chi connectivity index (χ0v) is 12.1. The first-order valence-electron chi connectivity index (χ1n) is 6.69. The summed E-state index contributed by atoms with van der Waals surface area (Å²) in [7, 11) is 0. The summed E-state index contributed by atoms with van der Waals surface area (Å²) in [5.41, 5.74) is 1.88. The van der Waals surface area contributed by atoms with Crippen molar-refractivity contribution in [1.82, 2.24) is 5.43 Å². The molecule has 2 N–H and O–H groups in total. The van der Waals surface area contributed by atoms with Gasteiger partial charge in [0, 0.05) is 18.9 Å². The molecule has 1 atom stereocenters. The lowest BCUT2D eigenvalue weighted by atomic mass is 10.2. The lowest BCUT2D eigenvalue weighted by molar-refractivity contribution is -0.146. The number of hydrogen-bond donors (Lipinski definition) is 2. The molecule has 0 bridgehead atoms. The van der Waals surface area contributed by atoms with Gasteiger partial charge >= 0.3 is 5.97 Å². The second kappa shape index (κ2) is 6.95. The third kappa shape index (κ3) is 4.31. The molecule has 0 saturated carbocycles. The van der Waals surface area contributed by atoms with Gasteiger partial charge in [0.1, 0.15) is 17.3 Å². The van der Waals surface area contributed by atoms with Crippen LogP contribution in [0, 0.1) is 11.6 Å². The van der Waals surface area contributed by atoms with Crippen LogP contribution in [-0.4, -0.2) is 29.6 Å². The number of carbonyl (C=O) groups is 3. The highest BCUT2D eigenvalue weighted by atomic mass is 19.1. The standard InChI is InChI=1S/C14H13F2N3O4/c1-7(23-14(22)11-4-5-12(20)19-18-11)13(21)17-10-3-2-8(15)6-9(10)16/h2-3,6-7H,4-5H2,1H3,(H,17,21)(H,19,20)/t7-/m1/s1. The van der Waals surface area contributed by atoms with Crippen molar-refractivity contribution in [3.63, 3.8) is 0 Å². The van der Waals surface area contributed by atoms with E-state index in [1.165, 1.54) is 6.92 Å². The highest BCUT2D eigenvalue weighted by Crippen LogP contribution is 2.15. The minimum Gasteiger partial charge on any atom is -0.448 e. The molecule has 7 nitrogen and oxygen atoms in total. The third-order valence-electron chi connectivity index (χ3n) is 2.98. The molecule has 1 aliphatic heterocycles. The second-order valence-electron chi connectivity index (χ2n) is 4.75. The molecule has 122 valence electrons. The van der Waals surface area contributed by atoms with Crippen LogP contribution in [0.25, 0.3) is 0 Å². The summed E-state index contributed by atoms with van der Waals surface area (Å²) >= 11 is 0. The Morgan fingerprint density at radius 3 is 2.70 bits per heavy atom. The van der Waals surface area contributed by atoms with Gasteiger partial charge < -0.3 is 10.1 Å². The number of carbonyl (C=O) groups excluding carboxylic acids is 3. The van der Waals surface area contributed by atoms with Crippen LogP contribution in [-0.2, 0) is 19.1 Å². The molecular weight excluding hydrogens is 312 g/mol. The van der Waals surface area contributed by atoms with Crippen LogP contribution in [0.15, 0.2) is 23.3 Å². The predicted molar refractivity (Wildman–Crippen MR) is 75.4 cm³/mol. The Bertz CT molecular complexity index is 691. The number of ether oxygens (including phenoxy) is 1. The van der Waals surface area contributed by atoms with Crippen molar-refractivity contribution in [2.45, 2.75) is 25.9 Å². The molecule has 0 saturated heterocycles. The van der Waals surface area contributed by atoms with Crippen molar-refractivity contribution in [1.29, 1.82) is 0 Å². The maximum absolute atomic E-state index is 13.4. The van der Waals surface area contributed by atoms with Gasteiger partial charge in [0.2, 0.25) is 5.91 Å². The van der Waals surface area contributed by atoms with E-state index in [9.17, 15) is 23.2 Å². The number of hydrogen-bond acceptors (Lipinski definition) is 5. The third-order valence-corrected chi connectivity index (χ3v) is 2.98. The SMILES string of the molecule is C[C@@H](OC(=O)C1=NNC(=O)CC1)C(=O)Nc1ccc(F)cc1F. The molecular formula is C14H13F2N3O4. The molecule has 0 spiro atoms. The summed E-state index contributed by atoms with van der Waals surface area (Å²) in [6.45, 7) is 1.29. The molecule has 2 amide bonds. The monoisotopic (exact) mass is 325 g/mol. The summed E-state index contributed by atoms with van der Waals surface area (Å²) in [4.78, 5) is 34.6. The molecule has 0 unspecified atom stereocenters. The number of nitrogens with zero attached hydrogens (tertiary/aromatic N) is 1. The van der Waals surface area contributed by atoms with Crippen LogP contribution in [0.1, 0.15) is 19.8 Å². The molecule has 2 rings (SSSR count). The summed E-state index contributed by atoms with van der Waals surface area (Å²) in [6.07, 6.45) is -1.03. The van der Waals surface area contributed by atoms with Crippen LogP contribution in [0.3, 0.4) is 0 Å². The Hall–Kier alpha value is -2.84. The molecule has 0 aliphatic carbocycles. The van der Waals surface area contributed by atoms with E-state index in [2.05, 4.69) is 15.8 Å². The maximum Gasteiger partial charge on any atom is 0.355 e. The van der Waals surface area contributed by atoms with E-state index in [1.807, 2.05) is 0 Å². The second-order valence-corrected chi connectivity index (χ2v) is 4.75. The molecule has 0 aromatic heterocycles. The van der Waals surface area contributed by atoms with Gasteiger partial charge in [-0.15, -0.1) is 0 Å². The van der Waals surface area contributed by atoms with Gasteiger partial charge in [-0.2, -0.15) is 5.10 Å². The number of anilines is 1. The van der Waals surface area contributed by atoms with Gasteiger partial charge in [0.25, 0.3) is 5.91 Å². The highest BCUT2D eigenvalue weighted by Gasteiger charge is 2.24. The first-order chi connectivity index (χ1) is 10.9. The lowest BCUT2D eigenvalue weighted by Crippen LogP contribution is -2.35. The first-order valence-corrected chi connectivity index (χ1v) is 6.69. The first kappa shape index (κ1) is 16.5. The van der Waals surface area contributed by atoms with Crippen molar-refractivity contribution in [3.8, 4) is 0 Å². The molecule has 1 heterocycles. The maximum atomic E-state index is 13.4. The normalized spacial score (nSPS) is 15.3. The number of rotatable bonds is 4. The molecule has 1 aromatic carbocycles. The van der Waals surface area contributed by atoms with Gasteiger partial charge in [-0.05, 0) is 19.1 Å². The van der Waals surface area contributed by atoms with Gasteiger partial charge in [-0.1, -0.05) is 0 Å². The molecule has 0 fully saturated rings. The fourth-order valence-electron chi connectivity index (χ4n) is 1.73. The van der Waals surface area contributed by atoms with Crippen LogP contribution < -0.4 is 10.7 Å². The Balaban J connectivity index is 1.94. The Kier molecular flexibility index (Phi) is 4.99. The van der Waals surface area contributed by atoms with E-state index < -0.39 is 29.6 Å². The number of amides is 2. The van der Waals surface area contributed by atoms with Crippen molar-refractivity contribution >= 4 is 29.2 Å². The smallest absolute Gasteiger partial charge is 0.355 e. The van der Waals surface area contributed by atoms with E-state index >= 15 is 0 Å². The fourth-order valence-corrected chi connectivity index (χ4v) is 1.73. The number of benzene rings is 1. The van der Waals surface area contributed by atoms with Gasteiger partial charge in [-0.25, -0.2) is 19.0 Å². The molecule has 23 heavy (non-hydrogen) atoms. The molecule has 0 radical (unpaired) electrons. The summed E-state index contributed by atoms with van der Waals surface area (Å²) in [5, 5.41) is 5.72. The summed E-state index contributed by atoms with van der Waals surface area (Å²) in [6, 6.07) is 2.65.